The highest BCUT2D eigenvalue weighted by atomic mass is 16.7. The number of fused-ring (bicyclic) bond motifs is 1. The van der Waals surface area contributed by atoms with Gasteiger partial charge in [-0.25, -0.2) is 4.79 Å². The van der Waals surface area contributed by atoms with Crippen molar-refractivity contribution in [3.05, 3.63) is 48.0 Å². The van der Waals surface area contributed by atoms with Crippen LogP contribution in [0.25, 0.3) is 0 Å². The van der Waals surface area contributed by atoms with Crippen molar-refractivity contribution in [2.45, 2.75) is 13.5 Å². The Morgan fingerprint density at radius 1 is 1.11 bits per heavy atom. The van der Waals surface area contributed by atoms with Gasteiger partial charge in [-0.1, -0.05) is 12.1 Å². The van der Waals surface area contributed by atoms with Gasteiger partial charge in [0.1, 0.15) is 5.75 Å². The number of benzene rings is 2. The molecule has 0 fully saturated rings. The number of carbonyl (C=O) groups excluding carboxylic acids is 2. The molecule has 8 nitrogen and oxygen atoms in total. The maximum absolute atomic E-state index is 12.0. The van der Waals surface area contributed by atoms with Crippen LogP contribution in [0.5, 0.6) is 17.2 Å². The summed E-state index contributed by atoms with van der Waals surface area (Å²) in [7, 11) is 0. The molecule has 0 bridgehead atoms. The summed E-state index contributed by atoms with van der Waals surface area (Å²) in [6, 6.07) is 12.2. The van der Waals surface area contributed by atoms with Crippen LogP contribution in [0.3, 0.4) is 0 Å². The SMILES string of the molecule is CCOC(=O)Nc1cccc(OCC(=O)NCc2ccc3c(c2)OCO3)c1. The number of anilines is 1. The van der Waals surface area contributed by atoms with E-state index in [4.69, 9.17) is 18.9 Å². The molecule has 0 aliphatic carbocycles. The number of carbonyl (C=O) groups is 2. The summed E-state index contributed by atoms with van der Waals surface area (Å²) in [6.07, 6.45) is -0.545. The molecule has 2 amide bonds. The number of amides is 2. The number of nitrogens with one attached hydrogen (secondary N) is 2. The van der Waals surface area contributed by atoms with Crippen LogP contribution in [-0.4, -0.2) is 32.0 Å². The molecule has 0 radical (unpaired) electrons. The van der Waals surface area contributed by atoms with Gasteiger partial charge in [-0.2, -0.15) is 0 Å². The van der Waals surface area contributed by atoms with Crippen LogP contribution in [0.4, 0.5) is 10.5 Å². The van der Waals surface area contributed by atoms with Gasteiger partial charge in [-0.3, -0.25) is 10.1 Å². The molecular weight excluding hydrogens is 352 g/mol. The summed E-state index contributed by atoms with van der Waals surface area (Å²) in [5, 5.41) is 5.35. The fourth-order valence-corrected chi connectivity index (χ4v) is 2.40. The molecule has 0 saturated carbocycles. The number of hydrogen-bond donors (Lipinski definition) is 2. The Balaban J connectivity index is 1.45. The topological polar surface area (TPSA) is 95.1 Å². The molecule has 8 heteroatoms. The maximum atomic E-state index is 12.0. The lowest BCUT2D eigenvalue weighted by molar-refractivity contribution is -0.123. The standard InChI is InChI=1S/C19H20N2O6/c1-2-24-19(23)21-14-4-3-5-15(9-14)25-11-18(22)20-10-13-6-7-16-17(8-13)27-12-26-16/h3-9H,2,10-12H2,1H3,(H,20,22)(H,21,23). The molecule has 0 atom stereocenters. The smallest absolute Gasteiger partial charge is 0.411 e. The highest BCUT2D eigenvalue weighted by Gasteiger charge is 2.13. The van der Waals surface area contributed by atoms with Gasteiger partial charge < -0.3 is 24.3 Å². The Bertz CT molecular complexity index is 824. The molecule has 1 aliphatic heterocycles. The van der Waals surface area contributed by atoms with Crippen molar-refractivity contribution in [1.82, 2.24) is 5.32 Å². The molecule has 2 aromatic carbocycles. The van der Waals surface area contributed by atoms with Gasteiger partial charge in [0.15, 0.2) is 18.1 Å². The zero-order valence-corrected chi connectivity index (χ0v) is 14.8. The van der Waals surface area contributed by atoms with Crippen LogP contribution in [0.15, 0.2) is 42.5 Å². The van der Waals surface area contributed by atoms with Crippen molar-refractivity contribution in [3.8, 4) is 17.2 Å². The Morgan fingerprint density at radius 2 is 1.96 bits per heavy atom. The number of ether oxygens (including phenoxy) is 4. The lowest BCUT2D eigenvalue weighted by Gasteiger charge is -2.10. The molecule has 0 saturated heterocycles. The Kier molecular flexibility index (Phi) is 5.98. The molecule has 0 spiro atoms. The van der Waals surface area contributed by atoms with E-state index in [-0.39, 0.29) is 25.9 Å². The average Bonchev–Trinajstić information content (AvgIpc) is 3.13. The summed E-state index contributed by atoms with van der Waals surface area (Å²) < 4.78 is 20.8. The summed E-state index contributed by atoms with van der Waals surface area (Å²) in [6.45, 7) is 2.42. The van der Waals surface area contributed by atoms with Gasteiger partial charge in [0.2, 0.25) is 6.79 Å². The molecular formula is C19H20N2O6. The molecule has 142 valence electrons. The van der Waals surface area contributed by atoms with Crippen LogP contribution in [0.1, 0.15) is 12.5 Å². The van der Waals surface area contributed by atoms with Crippen molar-refractivity contribution in [2.24, 2.45) is 0 Å². The third-order valence-corrected chi connectivity index (χ3v) is 3.65. The first-order valence-electron chi connectivity index (χ1n) is 8.46. The van der Waals surface area contributed by atoms with E-state index in [1.54, 1.807) is 31.2 Å². The fraction of sp³-hybridized carbons (Fsp3) is 0.263. The van der Waals surface area contributed by atoms with Crippen molar-refractivity contribution in [3.63, 3.8) is 0 Å². The maximum Gasteiger partial charge on any atom is 0.411 e. The molecule has 0 aromatic heterocycles. The average molecular weight is 372 g/mol. The second kappa shape index (κ2) is 8.79. The first-order chi connectivity index (χ1) is 13.1. The first kappa shape index (κ1) is 18.4. The van der Waals surface area contributed by atoms with Crippen molar-refractivity contribution >= 4 is 17.7 Å². The zero-order valence-electron chi connectivity index (χ0n) is 14.8. The molecule has 1 aliphatic rings. The van der Waals surface area contributed by atoms with E-state index in [2.05, 4.69) is 10.6 Å². The van der Waals surface area contributed by atoms with Crippen LogP contribution in [0, 0.1) is 0 Å². The summed E-state index contributed by atoms with van der Waals surface area (Å²) >= 11 is 0. The van der Waals surface area contributed by atoms with E-state index in [0.717, 1.165) is 5.56 Å². The summed E-state index contributed by atoms with van der Waals surface area (Å²) in [4.78, 5) is 23.4. The minimum Gasteiger partial charge on any atom is -0.484 e. The lowest BCUT2D eigenvalue weighted by atomic mass is 10.2. The quantitative estimate of drug-likeness (QED) is 0.776. The van der Waals surface area contributed by atoms with E-state index in [1.807, 2.05) is 18.2 Å². The Labute approximate surface area is 156 Å². The predicted octanol–water partition coefficient (Wildman–Crippen LogP) is 2.68. The van der Waals surface area contributed by atoms with E-state index in [0.29, 0.717) is 29.5 Å². The van der Waals surface area contributed by atoms with Crippen LogP contribution in [-0.2, 0) is 16.1 Å². The summed E-state index contributed by atoms with van der Waals surface area (Å²) in [5.41, 5.74) is 1.42. The van der Waals surface area contributed by atoms with Gasteiger partial charge in [-0.05, 0) is 36.8 Å². The van der Waals surface area contributed by atoms with Gasteiger partial charge in [-0.15, -0.1) is 0 Å². The van der Waals surface area contributed by atoms with Crippen LogP contribution >= 0.6 is 0 Å². The van der Waals surface area contributed by atoms with Gasteiger partial charge in [0.05, 0.1) is 6.61 Å². The van der Waals surface area contributed by atoms with Crippen molar-refractivity contribution in [1.29, 1.82) is 0 Å². The van der Waals surface area contributed by atoms with Crippen molar-refractivity contribution in [2.75, 3.05) is 25.3 Å². The highest BCUT2D eigenvalue weighted by molar-refractivity contribution is 5.84. The molecule has 0 unspecified atom stereocenters. The molecule has 2 N–H and O–H groups in total. The largest absolute Gasteiger partial charge is 0.484 e. The van der Waals surface area contributed by atoms with Gasteiger partial charge in [0, 0.05) is 18.3 Å². The van der Waals surface area contributed by atoms with E-state index < -0.39 is 6.09 Å². The summed E-state index contributed by atoms with van der Waals surface area (Å²) in [5.74, 6) is 1.56. The third-order valence-electron chi connectivity index (χ3n) is 3.65. The Hall–Kier alpha value is -3.42. The van der Waals surface area contributed by atoms with Gasteiger partial charge >= 0.3 is 6.09 Å². The monoisotopic (exact) mass is 372 g/mol. The first-order valence-corrected chi connectivity index (χ1v) is 8.46. The highest BCUT2D eigenvalue weighted by Crippen LogP contribution is 2.32. The second-order valence-corrected chi connectivity index (χ2v) is 5.63. The van der Waals surface area contributed by atoms with Gasteiger partial charge in [0.25, 0.3) is 5.91 Å². The van der Waals surface area contributed by atoms with Crippen LogP contribution < -0.4 is 24.8 Å². The molecule has 3 rings (SSSR count). The van der Waals surface area contributed by atoms with E-state index >= 15 is 0 Å². The van der Waals surface area contributed by atoms with Crippen molar-refractivity contribution < 1.29 is 28.5 Å². The Morgan fingerprint density at radius 3 is 2.81 bits per heavy atom. The molecule has 27 heavy (non-hydrogen) atoms. The van der Waals surface area contributed by atoms with E-state index in [9.17, 15) is 9.59 Å². The fourth-order valence-electron chi connectivity index (χ4n) is 2.40. The second-order valence-electron chi connectivity index (χ2n) is 5.63. The number of hydrogen-bond acceptors (Lipinski definition) is 6. The van der Waals surface area contributed by atoms with Crippen LogP contribution in [0.2, 0.25) is 0 Å². The lowest BCUT2D eigenvalue weighted by Crippen LogP contribution is -2.28. The predicted molar refractivity (Wildman–Crippen MR) is 97.0 cm³/mol. The zero-order chi connectivity index (χ0) is 19.1. The van der Waals surface area contributed by atoms with E-state index in [1.165, 1.54) is 0 Å². The normalized spacial score (nSPS) is 11.6. The minimum absolute atomic E-state index is 0.145. The molecule has 1 heterocycles. The number of rotatable bonds is 7. The third kappa shape index (κ3) is 5.27. The molecule has 2 aromatic rings. The minimum atomic E-state index is -0.545.